The minimum Gasteiger partial charge on any atom is -0.399 e. The Bertz CT molecular complexity index is 427. The SMILES string of the molecule is CCC(C(=O)c1ccc(N)cc1)N(CC(C)C)CC(C)C. The maximum Gasteiger partial charge on any atom is 0.179 e. The van der Waals surface area contributed by atoms with E-state index in [9.17, 15) is 4.79 Å². The van der Waals surface area contributed by atoms with E-state index in [2.05, 4.69) is 39.5 Å². The third kappa shape index (κ3) is 5.50. The molecule has 21 heavy (non-hydrogen) atoms. The number of benzene rings is 1. The van der Waals surface area contributed by atoms with Crippen LogP contribution in [0.2, 0.25) is 0 Å². The van der Waals surface area contributed by atoms with E-state index in [1.54, 1.807) is 12.1 Å². The van der Waals surface area contributed by atoms with E-state index < -0.39 is 0 Å². The fourth-order valence-corrected chi connectivity index (χ4v) is 2.72. The number of Topliss-reactive ketones (excluding diaryl/α,β-unsaturated/α-hetero) is 1. The molecule has 0 bridgehead atoms. The molecular formula is C18H30N2O. The third-order valence-corrected chi connectivity index (χ3v) is 3.52. The highest BCUT2D eigenvalue weighted by molar-refractivity contribution is 6.00. The molecule has 0 aromatic heterocycles. The van der Waals surface area contributed by atoms with Crippen LogP contribution in [0.5, 0.6) is 0 Å². The molecule has 0 aliphatic rings. The molecule has 1 aromatic rings. The summed E-state index contributed by atoms with van der Waals surface area (Å²) < 4.78 is 0. The van der Waals surface area contributed by atoms with E-state index in [0.29, 0.717) is 17.5 Å². The van der Waals surface area contributed by atoms with Crippen molar-refractivity contribution < 1.29 is 4.79 Å². The minimum atomic E-state index is -0.0431. The van der Waals surface area contributed by atoms with Crippen molar-refractivity contribution in [2.45, 2.75) is 47.1 Å². The van der Waals surface area contributed by atoms with Crippen LogP contribution in [0.4, 0.5) is 5.69 Å². The molecule has 0 fully saturated rings. The number of nitrogens with zero attached hydrogens (tertiary/aromatic N) is 1. The minimum absolute atomic E-state index is 0.0431. The Kier molecular flexibility index (Phi) is 6.90. The first-order valence-electron chi connectivity index (χ1n) is 7.98. The Morgan fingerprint density at radius 1 is 1.05 bits per heavy atom. The molecule has 2 N–H and O–H groups in total. The second-order valence-electron chi connectivity index (χ2n) is 6.65. The van der Waals surface area contributed by atoms with Crippen LogP contribution < -0.4 is 5.73 Å². The van der Waals surface area contributed by atoms with Crippen LogP contribution in [-0.4, -0.2) is 29.8 Å². The van der Waals surface area contributed by atoms with E-state index >= 15 is 0 Å². The first-order valence-corrected chi connectivity index (χ1v) is 7.98. The molecule has 3 nitrogen and oxygen atoms in total. The first kappa shape index (κ1) is 17.7. The summed E-state index contributed by atoms with van der Waals surface area (Å²) in [7, 11) is 0. The second-order valence-corrected chi connectivity index (χ2v) is 6.65. The number of hydrogen-bond acceptors (Lipinski definition) is 3. The quantitative estimate of drug-likeness (QED) is 0.584. The van der Waals surface area contributed by atoms with Gasteiger partial charge in [-0.1, -0.05) is 34.6 Å². The summed E-state index contributed by atoms with van der Waals surface area (Å²) in [6.45, 7) is 12.8. The third-order valence-electron chi connectivity index (χ3n) is 3.52. The first-order chi connectivity index (χ1) is 9.85. The number of anilines is 1. The highest BCUT2D eigenvalue weighted by Crippen LogP contribution is 2.17. The molecule has 118 valence electrons. The summed E-state index contributed by atoms with van der Waals surface area (Å²) >= 11 is 0. The van der Waals surface area contributed by atoms with Gasteiger partial charge in [0, 0.05) is 24.3 Å². The Morgan fingerprint density at radius 2 is 1.52 bits per heavy atom. The lowest BCUT2D eigenvalue weighted by atomic mass is 9.98. The van der Waals surface area contributed by atoms with E-state index in [1.165, 1.54) is 0 Å². The molecule has 0 aliphatic carbocycles. The maximum absolute atomic E-state index is 12.8. The number of hydrogen-bond donors (Lipinski definition) is 1. The van der Waals surface area contributed by atoms with E-state index in [4.69, 9.17) is 5.73 Å². The lowest BCUT2D eigenvalue weighted by Crippen LogP contribution is -2.44. The predicted molar refractivity (Wildman–Crippen MR) is 90.5 cm³/mol. The summed E-state index contributed by atoms with van der Waals surface area (Å²) in [4.78, 5) is 15.2. The summed E-state index contributed by atoms with van der Waals surface area (Å²) in [5, 5.41) is 0. The zero-order valence-corrected chi connectivity index (χ0v) is 14.1. The Morgan fingerprint density at radius 3 is 1.90 bits per heavy atom. The van der Waals surface area contributed by atoms with Crippen LogP contribution in [0.1, 0.15) is 51.4 Å². The number of carbonyl (C=O) groups excluding carboxylic acids is 1. The molecule has 0 heterocycles. The van der Waals surface area contributed by atoms with Gasteiger partial charge in [0.15, 0.2) is 5.78 Å². The van der Waals surface area contributed by atoms with E-state index in [-0.39, 0.29) is 11.8 Å². The number of rotatable bonds is 8. The summed E-state index contributed by atoms with van der Waals surface area (Å²) in [5.74, 6) is 1.31. The van der Waals surface area contributed by atoms with Crippen molar-refractivity contribution in [3.63, 3.8) is 0 Å². The lowest BCUT2D eigenvalue weighted by molar-refractivity contribution is 0.0768. The van der Waals surface area contributed by atoms with Gasteiger partial charge in [-0.3, -0.25) is 9.69 Å². The van der Waals surface area contributed by atoms with Gasteiger partial charge in [-0.15, -0.1) is 0 Å². The van der Waals surface area contributed by atoms with Gasteiger partial charge < -0.3 is 5.73 Å². The van der Waals surface area contributed by atoms with Gasteiger partial charge in [-0.25, -0.2) is 0 Å². The van der Waals surface area contributed by atoms with Gasteiger partial charge >= 0.3 is 0 Å². The Labute approximate surface area is 129 Å². The van der Waals surface area contributed by atoms with Crippen molar-refractivity contribution in [2.24, 2.45) is 11.8 Å². The zero-order valence-electron chi connectivity index (χ0n) is 14.1. The van der Waals surface area contributed by atoms with Gasteiger partial charge in [0.25, 0.3) is 0 Å². The van der Waals surface area contributed by atoms with Crippen molar-refractivity contribution in [3.05, 3.63) is 29.8 Å². The molecular weight excluding hydrogens is 260 g/mol. The van der Waals surface area contributed by atoms with Crippen LogP contribution in [0.15, 0.2) is 24.3 Å². The zero-order chi connectivity index (χ0) is 16.0. The molecule has 0 saturated heterocycles. The molecule has 1 atom stereocenters. The van der Waals surface area contributed by atoms with Crippen molar-refractivity contribution in [1.82, 2.24) is 4.90 Å². The number of nitrogen functional groups attached to an aromatic ring is 1. The van der Waals surface area contributed by atoms with Crippen LogP contribution >= 0.6 is 0 Å². The van der Waals surface area contributed by atoms with Crippen molar-refractivity contribution in [3.8, 4) is 0 Å². The molecule has 3 heteroatoms. The fourth-order valence-electron chi connectivity index (χ4n) is 2.72. The highest BCUT2D eigenvalue weighted by atomic mass is 16.1. The molecule has 1 rings (SSSR count). The average Bonchev–Trinajstić information content (AvgIpc) is 2.38. The molecule has 0 spiro atoms. The van der Waals surface area contributed by atoms with Crippen molar-refractivity contribution in [2.75, 3.05) is 18.8 Å². The fraction of sp³-hybridized carbons (Fsp3) is 0.611. The maximum atomic E-state index is 12.8. The van der Waals surface area contributed by atoms with E-state index in [0.717, 1.165) is 25.1 Å². The van der Waals surface area contributed by atoms with Gasteiger partial charge in [0.2, 0.25) is 0 Å². The van der Waals surface area contributed by atoms with Crippen LogP contribution in [0.25, 0.3) is 0 Å². The van der Waals surface area contributed by atoms with Crippen molar-refractivity contribution >= 4 is 11.5 Å². The molecule has 0 radical (unpaired) electrons. The van der Waals surface area contributed by atoms with Gasteiger partial charge in [-0.2, -0.15) is 0 Å². The smallest absolute Gasteiger partial charge is 0.179 e. The normalized spacial score (nSPS) is 13.1. The average molecular weight is 290 g/mol. The molecule has 0 saturated carbocycles. The molecule has 1 unspecified atom stereocenters. The van der Waals surface area contributed by atoms with Crippen LogP contribution in [0, 0.1) is 11.8 Å². The lowest BCUT2D eigenvalue weighted by Gasteiger charge is -2.33. The summed E-state index contributed by atoms with van der Waals surface area (Å²) in [6, 6.07) is 7.23. The summed E-state index contributed by atoms with van der Waals surface area (Å²) in [6.07, 6.45) is 0.836. The van der Waals surface area contributed by atoms with Gasteiger partial charge in [0.05, 0.1) is 6.04 Å². The van der Waals surface area contributed by atoms with Gasteiger partial charge in [0.1, 0.15) is 0 Å². The van der Waals surface area contributed by atoms with Crippen LogP contribution in [0.3, 0.4) is 0 Å². The number of ketones is 1. The molecule has 0 aliphatic heterocycles. The largest absolute Gasteiger partial charge is 0.399 e. The number of carbonyl (C=O) groups is 1. The molecule has 1 aromatic carbocycles. The highest BCUT2D eigenvalue weighted by Gasteiger charge is 2.26. The monoisotopic (exact) mass is 290 g/mol. The van der Waals surface area contributed by atoms with E-state index in [1.807, 2.05) is 12.1 Å². The second kappa shape index (κ2) is 8.18. The van der Waals surface area contributed by atoms with Gasteiger partial charge in [-0.05, 0) is 42.5 Å². The molecule has 0 amide bonds. The summed E-state index contributed by atoms with van der Waals surface area (Å²) in [5.41, 5.74) is 7.16. The van der Waals surface area contributed by atoms with Crippen molar-refractivity contribution in [1.29, 1.82) is 0 Å². The van der Waals surface area contributed by atoms with Crippen LogP contribution in [-0.2, 0) is 0 Å². The Balaban J connectivity index is 2.95. The predicted octanol–water partition coefficient (Wildman–Crippen LogP) is 3.84. The standard InChI is InChI=1S/C18H30N2O/c1-6-17(20(11-13(2)3)12-14(4)5)18(21)15-7-9-16(19)10-8-15/h7-10,13-14,17H,6,11-12,19H2,1-5H3. The Hall–Kier alpha value is -1.35. The number of nitrogens with two attached hydrogens (primary N) is 1. The topological polar surface area (TPSA) is 46.3 Å².